The number of rotatable bonds is 3. The van der Waals surface area contributed by atoms with E-state index in [9.17, 15) is 0 Å². The zero-order chi connectivity index (χ0) is 15.4. The molecular weight excluding hydrogens is 296 g/mol. The maximum atomic E-state index is 9.03. The van der Waals surface area contributed by atoms with Crippen LogP contribution in [-0.2, 0) is 0 Å². The summed E-state index contributed by atoms with van der Waals surface area (Å²) in [6, 6.07) is 17.4. The van der Waals surface area contributed by atoms with Crippen molar-refractivity contribution in [3.8, 4) is 17.3 Å². The van der Waals surface area contributed by atoms with E-state index < -0.39 is 0 Å². The second kappa shape index (κ2) is 6.25. The lowest BCUT2D eigenvalue weighted by Crippen LogP contribution is -1.83. The van der Waals surface area contributed by atoms with E-state index >= 15 is 0 Å². The van der Waals surface area contributed by atoms with Gasteiger partial charge in [-0.15, -0.1) is 5.10 Å². The molecule has 4 nitrogen and oxygen atoms in total. The molecule has 0 bridgehead atoms. The molecule has 106 valence electrons. The first kappa shape index (κ1) is 14.1. The van der Waals surface area contributed by atoms with Gasteiger partial charge in [0.1, 0.15) is 11.8 Å². The van der Waals surface area contributed by atoms with Gasteiger partial charge in [0.25, 0.3) is 0 Å². The van der Waals surface area contributed by atoms with Crippen molar-refractivity contribution in [1.82, 2.24) is 15.4 Å². The van der Waals surface area contributed by atoms with Crippen LogP contribution in [0.3, 0.4) is 0 Å². The van der Waals surface area contributed by atoms with Crippen molar-refractivity contribution in [3.05, 3.63) is 70.4 Å². The van der Waals surface area contributed by atoms with Crippen molar-refractivity contribution < 1.29 is 0 Å². The fourth-order valence-electron chi connectivity index (χ4n) is 2.10. The molecule has 0 amide bonds. The molecule has 1 aromatic heterocycles. The Morgan fingerprint density at radius 1 is 1.05 bits per heavy atom. The van der Waals surface area contributed by atoms with Crippen molar-refractivity contribution in [2.75, 3.05) is 0 Å². The Kier molecular flexibility index (Phi) is 3.99. The molecule has 0 saturated heterocycles. The van der Waals surface area contributed by atoms with E-state index in [1.165, 1.54) is 0 Å². The maximum absolute atomic E-state index is 9.03. The first-order chi connectivity index (χ1) is 10.8. The van der Waals surface area contributed by atoms with E-state index in [1.54, 1.807) is 0 Å². The molecule has 1 heterocycles. The van der Waals surface area contributed by atoms with Crippen LogP contribution in [0.25, 0.3) is 23.4 Å². The maximum Gasteiger partial charge on any atom is 0.163 e. The first-order valence-electron chi connectivity index (χ1n) is 6.61. The van der Waals surface area contributed by atoms with Crippen LogP contribution >= 0.6 is 11.6 Å². The SMILES string of the molecule is N#Cc1[nH]nnc1-c1cccc(/C=C/c2cccc(Cl)c2)c1. The number of nitrogens with one attached hydrogen (secondary N) is 1. The number of hydrogen-bond acceptors (Lipinski definition) is 3. The topological polar surface area (TPSA) is 65.4 Å². The Hall–Kier alpha value is -2.90. The summed E-state index contributed by atoms with van der Waals surface area (Å²) in [5, 5.41) is 19.9. The van der Waals surface area contributed by atoms with Gasteiger partial charge in [0.15, 0.2) is 5.69 Å². The Morgan fingerprint density at radius 3 is 2.50 bits per heavy atom. The van der Waals surface area contributed by atoms with Crippen molar-refractivity contribution in [1.29, 1.82) is 5.26 Å². The zero-order valence-electron chi connectivity index (χ0n) is 11.5. The predicted octanol–water partition coefficient (Wildman–Crippen LogP) is 4.17. The first-order valence-corrected chi connectivity index (χ1v) is 6.99. The molecule has 3 aromatic rings. The molecule has 0 aliphatic carbocycles. The largest absolute Gasteiger partial charge is 0.247 e. The molecule has 0 saturated carbocycles. The van der Waals surface area contributed by atoms with Crippen LogP contribution < -0.4 is 0 Å². The van der Waals surface area contributed by atoms with Gasteiger partial charge in [0, 0.05) is 10.6 Å². The zero-order valence-corrected chi connectivity index (χ0v) is 12.2. The molecule has 0 aliphatic rings. The Labute approximate surface area is 132 Å². The summed E-state index contributed by atoms with van der Waals surface area (Å²) in [4.78, 5) is 0. The average Bonchev–Trinajstić information content (AvgIpc) is 3.02. The van der Waals surface area contributed by atoms with E-state index in [0.29, 0.717) is 16.4 Å². The lowest BCUT2D eigenvalue weighted by Gasteiger charge is -2.00. The summed E-state index contributed by atoms with van der Waals surface area (Å²) in [5.41, 5.74) is 3.79. The van der Waals surface area contributed by atoms with Crippen molar-refractivity contribution in [2.45, 2.75) is 0 Å². The van der Waals surface area contributed by atoms with Crippen LogP contribution in [0.1, 0.15) is 16.8 Å². The van der Waals surface area contributed by atoms with E-state index in [4.69, 9.17) is 16.9 Å². The smallest absolute Gasteiger partial charge is 0.163 e. The molecule has 0 aliphatic heterocycles. The molecule has 1 N–H and O–H groups in total. The Bertz CT molecular complexity index is 874. The normalized spacial score (nSPS) is 10.7. The second-order valence-electron chi connectivity index (χ2n) is 4.66. The Morgan fingerprint density at radius 2 is 1.77 bits per heavy atom. The lowest BCUT2D eigenvalue weighted by molar-refractivity contribution is 0.937. The predicted molar refractivity (Wildman–Crippen MR) is 86.9 cm³/mol. The highest BCUT2D eigenvalue weighted by Crippen LogP contribution is 2.21. The van der Waals surface area contributed by atoms with E-state index in [-0.39, 0.29) is 0 Å². The van der Waals surface area contributed by atoms with Crippen LogP contribution in [0.15, 0.2) is 48.5 Å². The molecule has 22 heavy (non-hydrogen) atoms. The molecule has 5 heteroatoms. The monoisotopic (exact) mass is 306 g/mol. The minimum absolute atomic E-state index is 0.357. The minimum Gasteiger partial charge on any atom is -0.247 e. The number of benzene rings is 2. The quantitative estimate of drug-likeness (QED) is 0.739. The number of aromatic nitrogens is 3. The highest BCUT2D eigenvalue weighted by molar-refractivity contribution is 6.30. The average molecular weight is 307 g/mol. The molecule has 2 aromatic carbocycles. The number of H-pyrrole nitrogens is 1. The van der Waals surface area contributed by atoms with E-state index in [0.717, 1.165) is 16.7 Å². The molecule has 0 fully saturated rings. The van der Waals surface area contributed by atoms with Crippen LogP contribution in [0, 0.1) is 11.3 Å². The minimum atomic E-state index is 0.357. The number of halogens is 1. The van der Waals surface area contributed by atoms with Crippen molar-refractivity contribution >= 4 is 23.8 Å². The number of nitrogens with zero attached hydrogens (tertiary/aromatic N) is 3. The van der Waals surface area contributed by atoms with Gasteiger partial charge in [0.2, 0.25) is 0 Å². The molecule has 0 atom stereocenters. The highest BCUT2D eigenvalue weighted by atomic mass is 35.5. The highest BCUT2D eigenvalue weighted by Gasteiger charge is 2.08. The van der Waals surface area contributed by atoms with E-state index in [2.05, 4.69) is 15.4 Å². The summed E-state index contributed by atoms with van der Waals surface area (Å²) < 4.78 is 0. The van der Waals surface area contributed by atoms with Gasteiger partial charge in [-0.3, -0.25) is 0 Å². The summed E-state index contributed by atoms with van der Waals surface area (Å²) >= 11 is 5.97. The second-order valence-corrected chi connectivity index (χ2v) is 5.10. The summed E-state index contributed by atoms with van der Waals surface area (Å²) in [5.74, 6) is 0. The van der Waals surface area contributed by atoms with Crippen LogP contribution in [-0.4, -0.2) is 15.4 Å². The summed E-state index contributed by atoms with van der Waals surface area (Å²) in [6.45, 7) is 0. The van der Waals surface area contributed by atoms with Crippen molar-refractivity contribution in [2.24, 2.45) is 0 Å². The molecule has 3 rings (SSSR count). The molecule has 0 radical (unpaired) electrons. The number of nitriles is 1. The fourth-order valence-corrected chi connectivity index (χ4v) is 2.30. The van der Waals surface area contributed by atoms with Crippen LogP contribution in [0.2, 0.25) is 5.02 Å². The molecular formula is C17H11ClN4. The third-order valence-electron chi connectivity index (χ3n) is 3.14. The fraction of sp³-hybridized carbons (Fsp3) is 0. The van der Waals surface area contributed by atoms with Gasteiger partial charge in [-0.1, -0.05) is 59.3 Å². The van der Waals surface area contributed by atoms with Gasteiger partial charge in [-0.05, 0) is 29.3 Å². The van der Waals surface area contributed by atoms with Gasteiger partial charge in [0.05, 0.1) is 0 Å². The van der Waals surface area contributed by atoms with Crippen LogP contribution in [0.4, 0.5) is 0 Å². The van der Waals surface area contributed by atoms with E-state index in [1.807, 2.05) is 66.8 Å². The third kappa shape index (κ3) is 3.05. The van der Waals surface area contributed by atoms with Gasteiger partial charge < -0.3 is 0 Å². The van der Waals surface area contributed by atoms with Crippen LogP contribution in [0.5, 0.6) is 0 Å². The lowest BCUT2D eigenvalue weighted by atomic mass is 10.1. The van der Waals surface area contributed by atoms with Crippen molar-refractivity contribution in [3.63, 3.8) is 0 Å². The number of aromatic amines is 1. The standard InChI is InChI=1S/C17H11ClN4/c18-15-6-2-4-13(10-15)8-7-12-3-1-5-14(9-12)17-16(11-19)20-22-21-17/h1-10H,(H,20,21,22)/b8-7+. The van der Waals surface area contributed by atoms with Gasteiger partial charge in [-0.25, -0.2) is 5.10 Å². The van der Waals surface area contributed by atoms with Gasteiger partial charge in [-0.2, -0.15) is 5.26 Å². The summed E-state index contributed by atoms with van der Waals surface area (Å²) in [7, 11) is 0. The number of hydrogen-bond donors (Lipinski definition) is 1. The Balaban J connectivity index is 1.90. The molecule has 0 spiro atoms. The third-order valence-corrected chi connectivity index (χ3v) is 3.37. The molecule has 0 unspecified atom stereocenters. The van der Waals surface area contributed by atoms with Gasteiger partial charge >= 0.3 is 0 Å². The summed E-state index contributed by atoms with van der Waals surface area (Å²) in [6.07, 6.45) is 3.97.